The molecule has 2 N–H and O–H groups in total. The fraction of sp³-hybridized carbons (Fsp3) is 0.286. The molecule has 136 valence electrons. The highest BCUT2D eigenvalue weighted by Gasteiger charge is 2.18. The first-order chi connectivity index (χ1) is 13.4. The number of aryl methyl sites for hydroxylation is 2. The van der Waals surface area contributed by atoms with Crippen molar-refractivity contribution >= 4 is 44.5 Å². The second-order valence-electron chi connectivity index (χ2n) is 7.01. The van der Waals surface area contributed by atoms with Crippen LogP contribution < -0.4 is 5.43 Å². The predicted molar refractivity (Wildman–Crippen MR) is 113 cm³/mol. The Morgan fingerprint density at radius 3 is 2.96 bits per heavy atom. The van der Waals surface area contributed by atoms with Gasteiger partial charge in [-0.1, -0.05) is 18.9 Å². The van der Waals surface area contributed by atoms with Crippen molar-refractivity contribution in [3.05, 3.63) is 52.8 Å². The van der Waals surface area contributed by atoms with Gasteiger partial charge in [-0.15, -0.1) is 11.3 Å². The molecule has 5 rings (SSSR count). The monoisotopic (exact) mass is 375 g/mol. The molecule has 1 aliphatic rings. The van der Waals surface area contributed by atoms with Crippen LogP contribution in [0, 0.1) is 0 Å². The highest BCUT2D eigenvalue weighted by atomic mass is 32.1. The molecule has 0 saturated carbocycles. The van der Waals surface area contributed by atoms with E-state index in [1.165, 1.54) is 41.5 Å². The summed E-state index contributed by atoms with van der Waals surface area (Å²) in [4.78, 5) is 14.8. The second-order valence-corrected chi connectivity index (χ2v) is 8.10. The minimum Gasteiger partial charge on any atom is -0.361 e. The lowest BCUT2D eigenvalue weighted by atomic mass is 9.98. The molecule has 1 aromatic carbocycles. The fourth-order valence-corrected chi connectivity index (χ4v) is 5.08. The first-order valence-corrected chi connectivity index (χ1v) is 10.3. The van der Waals surface area contributed by atoms with Crippen LogP contribution in [0.1, 0.15) is 41.7 Å². The minimum atomic E-state index is 0.817. The van der Waals surface area contributed by atoms with E-state index in [2.05, 4.69) is 49.7 Å². The maximum atomic E-state index is 4.51. The Hall–Kier alpha value is -2.73. The lowest BCUT2D eigenvalue weighted by Gasteiger charge is -2.10. The number of anilines is 1. The van der Waals surface area contributed by atoms with Gasteiger partial charge >= 0.3 is 0 Å². The van der Waals surface area contributed by atoms with Gasteiger partial charge in [-0.3, -0.25) is 5.43 Å². The Balaban J connectivity index is 1.45. The molecule has 4 aromatic rings. The van der Waals surface area contributed by atoms with E-state index in [4.69, 9.17) is 0 Å². The van der Waals surface area contributed by atoms with E-state index in [1.54, 1.807) is 6.33 Å². The fourth-order valence-electron chi connectivity index (χ4n) is 3.85. The van der Waals surface area contributed by atoms with Crippen LogP contribution >= 0.6 is 11.3 Å². The zero-order valence-corrected chi connectivity index (χ0v) is 15.9. The third kappa shape index (κ3) is 3.21. The molecule has 0 spiro atoms. The number of aromatic amines is 1. The number of H-pyrrole nitrogens is 1. The van der Waals surface area contributed by atoms with Gasteiger partial charge < -0.3 is 4.98 Å². The van der Waals surface area contributed by atoms with Crippen LogP contribution in [0.3, 0.4) is 0 Å². The molecule has 0 unspecified atom stereocenters. The van der Waals surface area contributed by atoms with Crippen molar-refractivity contribution in [1.82, 2.24) is 15.0 Å². The van der Waals surface area contributed by atoms with Gasteiger partial charge in [0.2, 0.25) is 0 Å². The molecule has 0 amide bonds. The van der Waals surface area contributed by atoms with Gasteiger partial charge in [0.05, 0.1) is 11.6 Å². The first-order valence-electron chi connectivity index (χ1n) is 9.50. The number of hydrogen-bond donors (Lipinski definition) is 2. The number of hydrazone groups is 1. The standard InChI is InChI=1S/C21H21N5S/c1-2-4-6-18-16(5-3-1)19-20(23-13-24-21(19)27-18)26-25-12-14-7-8-17-15(11-14)9-10-22-17/h7-13,22H,1-6H2,(H,23,24,26)/b25-12+. The van der Waals surface area contributed by atoms with Crippen LogP contribution in [0.15, 0.2) is 41.9 Å². The first kappa shape index (κ1) is 16.4. The molecular weight excluding hydrogens is 354 g/mol. The third-order valence-corrected chi connectivity index (χ3v) is 6.41. The lowest BCUT2D eigenvalue weighted by Crippen LogP contribution is -1.99. The van der Waals surface area contributed by atoms with Gasteiger partial charge in [0.25, 0.3) is 0 Å². The molecule has 0 atom stereocenters. The Morgan fingerprint density at radius 1 is 1.07 bits per heavy atom. The zero-order chi connectivity index (χ0) is 18.1. The molecule has 0 bridgehead atoms. The average Bonchev–Trinajstić information content (AvgIpc) is 3.26. The molecule has 3 heterocycles. The number of nitrogens with zero attached hydrogens (tertiary/aromatic N) is 3. The van der Waals surface area contributed by atoms with Gasteiger partial charge in [-0.25, -0.2) is 9.97 Å². The molecule has 3 aromatic heterocycles. The smallest absolute Gasteiger partial charge is 0.158 e. The molecule has 5 nitrogen and oxygen atoms in total. The third-order valence-electron chi connectivity index (χ3n) is 5.21. The average molecular weight is 376 g/mol. The normalized spacial score (nSPS) is 15.1. The van der Waals surface area contributed by atoms with Crippen LogP contribution in [-0.4, -0.2) is 21.2 Å². The number of thiophene rings is 1. The van der Waals surface area contributed by atoms with E-state index < -0.39 is 0 Å². The van der Waals surface area contributed by atoms with Crippen molar-refractivity contribution in [2.45, 2.75) is 38.5 Å². The molecule has 0 aliphatic heterocycles. The number of nitrogens with one attached hydrogen (secondary N) is 2. The largest absolute Gasteiger partial charge is 0.361 e. The Kier molecular flexibility index (Phi) is 4.33. The Bertz CT molecular complexity index is 1120. The van der Waals surface area contributed by atoms with Crippen LogP contribution in [0.5, 0.6) is 0 Å². The van der Waals surface area contributed by atoms with Crippen molar-refractivity contribution in [2.24, 2.45) is 5.10 Å². The Morgan fingerprint density at radius 2 is 2.00 bits per heavy atom. The summed E-state index contributed by atoms with van der Waals surface area (Å²) < 4.78 is 0. The van der Waals surface area contributed by atoms with E-state index in [0.717, 1.165) is 40.0 Å². The predicted octanol–water partition coefficient (Wildman–Crippen LogP) is 5.28. The SMILES string of the molecule is C(=N\Nc1ncnc2sc3c(c12)CCCCCC3)/c1ccc2[nH]ccc2c1. The molecule has 1 aliphatic carbocycles. The summed E-state index contributed by atoms with van der Waals surface area (Å²) in [6, 6.07) is 8.31. The van der Waals surface area contributed by atoms with Crippen molar-refractivity contribution in [3.8, 4) is 0 Å². The van der Waals surface area contributed by atoms with E-state index in [-0.39, 0.29) is 0 Å². The van der Waals surface area contributed by atoms with Gasteiger partial charge in [-0.05, 0) is 60.4 Å². The van der Waals surface area contributed by atoms with Crippen molar-refractivity contribution < 1.29 is 0 Å². The highest BCUT2D eigenvalue weighted by Crippen LogP contribution is 2.37. The van der Waals surface area contributed by atoms with Gasteiger partial charge in [0.1, 0.15) is 11.2 Å². The van der Waals surface area contributed by atoms with Crippen LogP contribution in [0.25, 0.3) is 21.1 Å². The van der Waals surface area contributed by atoms with Gasteiger partial charge in [0, 0.05) is 16.6 Å². The topological polar surface area (TPSA) is 66.0 Å². The lowest BCUT2D eigenvalue weighted by molar-refractivity contribution is 0.624. The van der Waals surface area contributed by atoms with E-state index >= 15 is 0 Å². The molecule has 6 heteroatoms. The summed E-state index contributed by atoms with van der Waals surface area (Å²) in [6.07, 6.45) is 12.9. The molecule has 27 heavy (non-hydrogen) atoms. The summed E-state index contributed by atoms with van der Waals surface area (Å²) in [5.74, 6) is 0.817. The second kappa shape index (κ2) is 7.12. The van der Waals surface area contributed by atoms with Gasteiger partial charge in [0.15, 0.2) is 5.82 Å². The molecule has 0 radical (unpaired) electrons. The number of hydrogen-bond acceptors (Lipinski definition) is 5. The van der Waals surface area contributed by atoms with E-state index in [0.29, 0.717) is 0 Å². The van der Waals surface area contributed by atoms with E-state index in [9.17, 15) is 0 Å². The molecule has 0 saturated heterocycles. The highest BCUT2D eigenvalue weighted by molar-refractivity contribution is 7.18. The summed E-state index contributed by atoms with van der Waals surface area (Å²) in [6.45, 7) is 0. The Labute approximate surface area is 161 Å². The maximum absolute atomic E-state index is 4.51. The van der Waals surface area contributed by atoms with Crippen LogP contribution in [0.4, 0.5) is 5.82 Å². The summed E-state index contributed by atoms with van der Waals surface area (Å²) in [5, 5.41) is 6.80. The number of aromatic nitrogens is 3. The molecule has 0 fully saturated rings. The van der Waals surface area contributed by atoms with Crippen LogP contribution in [-0.2, 0) is 12.8 Å². The summed E-state index contributed by atoms with van der Waals surface area (Å²) in [5.41, 5.74) is 6.79. The van der Waals surface area contributed by atoms with Crippen LogP contribution in [0.2, 0.25) is 0 Å². The zero-order valence-electron chi connectivity index (χ0n) is 15.0. The van der Waals surface area contributed by atoms with Crippen molar-refractivity contribution in [3.63, 3.8) is 0 Å². The number of benzene rings is 1. The minimum absolute atomic E-state index is 0.817. The van der Waals surface area contributed by atoms with Crippen molar-refractivity contribution in [1.29, 1.82) is 0 Å². The maximum Gasteiger partial charge on any atom is 0.158 e. The number of fused-ring (bicyclic) bond motifs is 4. The summed E-state index contributed by atoms with van der Waals surface area (Å²) >= 11 is 1.82. The summed E-state index contributed by atoms with van der Waals surface area (Å²) in [7, 11) is 0. The van der Waals surface area contributed by atoms with Crippen molar-refractivity contribution in [2.75, 3.05) is 5.43 Å². The van der Waals surface area contributed by atoms with Gasteiger partial charge in [-0.2, -0.15) is 5.10 Å². The molecular formula is C21H21N5S. The quantitative estimate of drug-likeness (QED) is 0.378. The number of rotatable bonds is 3. The van der Waals surface area contributed by atoms with E-state index in [1.807, 2.05) is 23.7 Å².